The largest absolute Gasteiger partial charge is 0.761 e. The number of piperidine rings is 1. The number of nitrogens with zero attached hydrogens (tertiary/aromatic N) is 2. The zero-order chi connectivity index (χ0) is 30.8. The van der Waals surface area contributed by atoms with Crippen molar-refractivity contribution in [3.8, 4) is 0 Å². The van der Waals surface area contributed by atoms with Crippen LogP contribution >= 0.6 is 0 Å². The van der Waals surface area contributed by atoms with Crippen LogP contribution in [-0.2, 0) is 17.1 Å². The third-order valence-electron chi connectivity index (χ3n) is 9.36. The molecule has 2 atom stereocenters. The molecular formula is C30H36F6N5O2-. The van der Waals surface area contributed by atoms with E-state index in [-0.39, 0.29) is 18.0 Å². The maximum absolute atomic E-state index is 13.3. The molecule has 0 bridgehead atoms. The Kier molecular flexibility index (Phi) is 9.29. The highest BCUT2D eigenvalue weighted by Crippen LogP contribution is 2.47. The lowest BCUT2D eigenvalue weighted by Crippen LogP contribution is -2.45. The Balaban J connectivity index is 1.05. The number of rotatable bonds is 8. The maximum atomic E-state index is 13.3. The van der Waals surface area contributed by atoms with Crippen LogP contribution in [-0.4, -0.2) is 41.0 Å². The molecular weight excluding hydrogens is 576 g/mol. The highest BCUT2D eigenvalue weighted by molar-refractivity contribution is 5.76. The number of hydrogen-bond acceptors (Lipinski definition) is 6. The molecule has 1 aliphatic heterocycles. The first-order chi connectivity index (χ1) is 20.4. The summed E-state index contributed by atoms with van der Waals surface area (Å²) in [4.78, 5) is 18.4. The molecule has 43 heavy (non-hydrogen) atoms. The number of alkyl halides is 6. The smallest absolute Gasteiger partial charge is 0.433 e. The second-order valence-electron chi connectivity index (χ2n) is 12.0. The van der Waals surface area contributed by atoms with Gasteiger partial charge in [0.15, 0.2) is 0 Å². The Morgan fingerprint density at radius 2 is 1.49 bits per heavy atom. The number of aromatic nitrogens is 1. The van der Waals surface area contributed by atoms with Gasteiger partial charge in [0.1, 0.15) is 5.69 Å². The summed E-state index contributed by atoms with van der Waals surface area (Å²) in [6.07, 6.45) is -0.546. The number of pyridine rings is 1. The van der Waals surface area contributed by atoms with Crippen molar-refractivity contribution in [2.24, 2.45) is 17.8 Å². The van der Waals surface area contributed by atoms with Gasteiger partial charge in [-0.15, -0.1) is 0 Å². The summed E-state index contributed by atoms with van der Waals surface area (Å²) in [5, 5.41) is 17.3. The van der Waals surface area contributed by atoms with Gasteiger partial charge in [0.05, 0.1) is 5.56 Å². The van der Waals surface area contributed by atoms with E-state index in [0.717, 1.165) is 62.9 Å². The molecule has 1 saturated heterocycles. The van der Waals surface area contributed by atoms with Crippen molar-refractivity contribution in [2.75, 3.05) is 29.2 Å². The molecule has 3 fully saturated rings. The van der Waals surface area contributed by atoms with Crippen LogP contribution in [0.2, 0.25) is 0 Å². The van der Waals surface area contributed by atoms with E-state index in [9.17, 15) is 36.3 Å². The standard InChI is InChI=1S/C30H36F6N5O2/c31-29(32,33)25-16-22(6-8-26(25)40-43)38-20-4-1-18(2-5-20)24-7-3-19(24)15-28(42)41-13-10-21(11-14-41)39-23-9-12-37-27(17-23)30(34,35)36/h6,8-9,12,16-21,24,38,40H,1-5,7,10-11,13-15H2,(H,37,39)/q-1. The van der Waals surface area contributed by atoms with Crippen LogP contribution in [0.1, 0.15) is 69.0 Å². The fourth-order valence-corrected chi connectivity index (χ4v) is 6.89. The minimum absolute atomic E-state index is 0.0193. The Bertz CT molecular complexity index is 1260. The zero-order valence-corrected chi connectivity index (χ0v) is 23.6. The molecule has 3 N–H and O–H groups in total. The average molecular weight is 613 g/mol. The average Bonchev–Trinajstić information content (AvgIpc) is 2.96. The first kappa shape index (κ1) is 31.2. The number of carbonyl (C=O) groups is 1. The van der Waals surface area contributed by atoms with Crippen molar-refractivity contribution >= 4 is 23.0 Å². The fourth-order valence-electron chi connectivity index (χ4n) is 6.89. The van der Waals surface area contributed by atoms with E-state index in [4.69, 9.17) is 0 Å². The first-order valence-electron chi connectivity index (χ1n) is 14.8. The van der Waals surface area contributed by atoms with E-state index >= 15 is 0 Å². The number of amides is 1. The van der Waals surface area contributed by atoms with Crippen LogP contribution in [0.3, 0.4) is 0 Å². The number of halogens is 6. The quantitative estimate of drug-likeness (QED) is 0.211. The second-order valence-corrected chi connectivity index (χ2v) is 12.0. The minimum atomic E-state index is -4.63. The third-order valence-corrected chi connectivity index (χ3v) is 9.36. The van der Waals surface area contributed by atoms with Crippen LogP contribution in [0, 0.1) is 23.0 Å². The number of anilines is 3. The molecule has 2 saturated carbocycles. The molecule has 2 heterocycles. The summed E-state index contributed by atoms with van der Waals surface area (Å²) in [6, 6.07) is 6.15. The van der Waals surface area contributed by atoms with Crippen LogP contribution in [0.5, 0.6) is 0 Å². The molecule has 13 heteroatoms. The van der Waals surface area contributed by atoms with Gasteiger partial charge < -0.3 is 26.2 Å². The van der Waals surface area contributed by atoms with Gasteiger partial charge in [0.25, 0.3) is 0 Å². The molecule has 3 aliphatic rings. The number of hydrogen-bond donors (Lipinski definition) is 3. The van der Waals surface area contributed by atoms with Gasteiger partial charge >= 0.3 is 12.4 Å². The van der Waals surface area contributed by atoms with Gasteiger partial charge in [0.2, 0.25) is 5.91 Å². The van der Waals surface area contributed by atoms with Crippen molar-refractivity contribution in [1.29, 1.82) is 0 Å². The van der Waals surface area contributed by atoms with Gasteiger partial charge in [-0.3, -0.25) is 9.78 Å². The van der Waals surface area contributed by atoms with Crippen molar-refractivity contribution in [3.05, 3.63) is 53.0 Å². The molecule has 2 aliphatic carbocycles. The predicted molar refractivity (Wildman–Crippen MR) is 151 cm³/mol. The lowest BCUT2D eigenvalue weighted by Gasteiger charge is -2.45. The van der Waals surface area contributed by atoms with Gasteiger partial charge in [-0.05, 0) is 99.5 Å². The minimum Gasteiger partial charge on any atom is -0.761 e. The topological polar surface area (TPSA) is 92.3 Å². The van der Waals surface area contributed by atoms with Crippen molar-refractivity contribution in [1.82, 2.24) is 9.88 Å². The van der Waals surface area contributed by atoms with E-state index in [1.807, 2.05) is 4.90 Å². The highest BCUT2D eigenvalue weighted by atomic mass is 19.4. The van der Waals surface area contributed by atoms with Gasteiger partial charge in [-0.2, -0.15) is 26.3 Å². The number of benzene rings is 1. The van der Waals surface area contributed by atoms with Gasteiger partial charge in [-0.1, -0.05) is 0 Å². The van der Waals surface area contributed by atoms with Crippen LogP contribution in [0.15, 0.2) is 36.5 Å². The summed E-state index contributed by atoms with van der Waals surface area (Å²) in [6.45, 7) is 1.12. The van der Waals surface area contributed by atoms with Crippen LogP contribution in [0.4, 0.5) is 43.4 Å². The van der Waals surface area contributed by atoms with Crippen molar-refractivity contribution in [3.63, 3.8) is 0 Å². The Morgan fingerprint density at radius 1 is 0.837 bits per heavy atom. The van der Waals surface area contributed by atoms with Crippen molar-refractivity contribution < 1.29 is 31.1 Å². The summed E-state index contributed by atoms with van der Waals surface area (Å²) in [7, 11) is 0. The molecule has 2 aromatic rings. The number of nitrogens with one attached hydrogen (secondary N) is 3. The first-order valence-corrected chi connectivity index (χ1v) is 14.8. The SMILES string of the molecule is O=C(CC1CCC1C1CCC(Nc2ccc(N[O-])c(C(F)(F)F)c2)CC1)N1CCC(Nc2ccnc(C(F)(F)F)c2)CC1. The summed E-state index contributed by atoms with van der Waals surface area (Å²) in [5.74, 6) is 1.41. The van der Waals surface area contributed by atoms with E-state index < -0.39 is 29.3 Å². The molecule has 2 unspecified atom stereocenters. The number of carbonyl (C=O) groups excluding carboxylic acids is 1. The fraction of sp³-hybridized carbons (Fsp3) is 0.600. The highest BCUT2D eigenvalue weighted by Gasteiger charge is 2.40. The molecule has 1 amide bonds. The van der Waals surface area contributed by atoms with E-state index in [1.165, 1.54) is 17.6 Å². The lowest BCUT2D eigenvalue weighted by atomic mass is 9.62. The molecule has 0 spiro atoms. The van der Waals surface area contributed by atoms with E-state index in [1.54, 1.807) is 0 Å². The molecule has 1 aromatic heterocycles. The lowest BCUT2D eigenvalue weighted by molar-refractivity contribution is -0.141. The second kappa shape index (κ2) is 12.8. The maximum Gasteiger partial charge on any atom is 0.433 e. The van der Waals surface area contributed by atoms with Crippen molar-refractivity contribution in [2.45, 2.75) is 82.2 Å². The molecule has 5 rings (SSSR count). The van der Waals surface area contributed by atoms with Crippen LogP contribution < -0.4 is 16.1 Å². The molecule has 7 nitrogen and oxygen atoms in total. The normalized spacial score (nSPS) is 25.1. The zero-order valence-electron chi connectivity index (χ0n) is 23.6. The van der Waals surface area contributed by atoms with E-state index in [2.05, 4.69) is 15.6 Å². The molecule has 236 valence electrons. The summed E-state index contributed by atoms with van der Waals surface area (Å²) >= 11 is 0. The van der Waals surface area contributed by atoms with E-state index in [0.29, 0.717) is 61.5 Å². The monoisotopic (exact) mass is 612 g/mol. The predicted octanol–water partition coefficient (Wildman–Crippen LogP) is 7.52. The molecule has 0 radical (unpaired) electrons. The molecule has 1 aromatic carbocycles. The Hall–Kier alpha value is -3.22. The van der Waals surface area contributed by atoms with Gasteiger partial charge in [-0.25, -0.2) is 0 Å². The summed E-state index contributed by atoms with van der Waals surface area (Å²) in [5.41, 5.74) is -0.355. The summed E-state index contributed by atoms with van der Waals surface area (Å²) < 4.78 is 78.8. The number of likely N-dealkylation sites (tertiary alicyclic amines) is 1. The Labute approximate surface area is 246 Å². The Morgan fingerprint density at radius 3 is 2.07 bits per heavy atom. The third kappa shape index (κ3) is 7.66. The van der Waals surface area contributed by atoms with Crippen LogP contribution in [0.25, 0.3) is 0 Å². The van der Waals surface area contributed by atoms with Gasteiger partial charge in [0, 0.05) is 54.9 Å².